The van der Waals surface area contributed by atoms with E-state index in [0.29, 0.717) is 0 Å². The molecule has 0 aliphatic heterocycles. The van der Waals surface area contributed by atoms with Crippen LogP contribution in [0.4, 0.5) is 4.39 Å². The van der Waals surface area contributed by atoms with Crippen molar-refractivity contribution in [1.29, 1.82) is 0 Å². The Morgan fingerprint density at radius 2 is 2.12 bits per heavy atom. The standard InChI is InChI=1S/C13H14FNS/c1-9-3-4-11(14)6-12(9)13-5-10(7-15-2)8-16-13/h3-6,8,15H,7H2,1-2H3. The SMILES string of the molecule is CNCc1csc(-c2cc(F)ccc2C)c1. The molecule has 0 bridgehead atoms. The topological polar surface area (TPSA) is 12.0 Å². The summed E-state index contributed by atoms with van der Waals surface area (Å²) in [6.07, 6.45) is 0. The zero-order valence-electron chi connectivity index (χ0n) is 9.38. The molecule has 0 fully saturated rings. The van der Waals surface area contributed by atoms with Crippen LogP contribution in [-0.4, -0.2) is 7.05 Å². The minimum Gasteiger partial charge on any atom is -0.316 e. The molecule has 1 heterocycles. The van der Waals surface area contributed by atoms with Gasteiger partial charge in [-0.3, -0.25) is 0 Å². The molecule has 0 amide bonds. The van der Waals surface area contributed by atoms with Crippen LogP contribution in [0, 0.1) is 12.7 Å². The van der Waals surface area contributed by atoms with E-state index in [2.05, 4.69) is 16.8 Å². The monoisotopic (exact) mass is 235 g/mol. The van der Waals surface area contributed by atoms with Crippen LogP contribution in [-0.2, 0) is 6.54 Å². The van der Waals surface area contributed by atoms with Gasteiger partial charge in [0.05, 0.1) is 0 Å². The molecule has 0 saturated heterocycles. The minimum atomic E-state index is -0.177. The first-order valence-electron chi connectivity index (χ1n) is 5.19. The van der Waals surface area contributed by atoms with E-state index in [1.165, 1.54) is 11.6 Å². The number of benzene rings is 1. The van der Waals surface area contributed by atoms with Gasteiger partial charge in [0.15, 0.2) is 0 Å². The van der Waals surface area contributed by atoms with Crippen LogP contribution in [0.5, 0.6) is 0 Å². The first-order chi connectivity index (χ1) is 7.70. The maximum absolute atomic E-state index is 13.2. The Labute approximate surface area is 98.9 Å². The van der Waals surface area contributed by atoms with Crippen LogP contribution in [0.2, 0.25) is 0 Å². The third kappa shape index (κ3) is 2.31. The average molecular weight is 235 g/mol. The van der Waals surface area contributed by atoms with Crippen molar-refractivity contribution in [3.63, 3.8) is 0 Å². The Morgan fingerprint density at radius 3 is 2.88 bits per heavy atom. The summed E-state index contributed by atoms with van der Waals surface area (Å²) in [5.41, 5.74) is 3.35. The van der Waals surface area contributed by atoms with Crippen molar-refractivity contribution in [2.24, 2.45) is 0 Å². The molecule has 1 aromatic heterocycles. The molecule has 0 radical (unpaired) electrons. The van der Waals surface area contributed by atoms with Gasteiger partial charge < -0.3 is 5.32 Å². The number of aryl methyl sites for hydroxylation is 1. The van der Waals surface area contributed by atoms with Crippen LogP contribution in [0.25, 0.3) is 10.4 Å². The average Bonchev–Trinajstić information content (AvgIpc) is 2.71. The first kappa shape index (κ1) is 11.3. The Bertz CT molecular complexity index is 490. The fraction of sp³-hybridized carbons (Fsp3) is 0.231. The molecule has 0 saturated carbocycles. The van der Waals surface area contributed by atoms with Gasteiger partial charge in [0, 0.05) is 11.4 Å². The van der Waals surface area contributed by atoms with Gasteiger partial charge in [-0.2, -0.15) is 0 Å². The molecular weight excluding hydrogens is 221 g/mol. The van der Waals surface area contributed by atoms with Crippen molar-refractivity contribution in [1.82, 2.24) is 5.32 Å². The lowest BCUT2D eigenvalue weighted by Gasteiger charge is -2.02. The summed E-state index contributed by atoms with van der Waals surface area (Å²) in [5, 5.41) is 5.21. The second-order valence-corrected chi connectivity index (χ2v) is 4.72. The molecule has 2 aromatic rings. The summed E-state index contributed by atoms with van der Waals surface area (Å²) in [6.45, 7) is 2.86. The van der Waals surface area contributed by atoms with Crippen LogP contribution in [0.15, 0.2) is 29.6 Å². The summed E-state index contributed by atoms with van der Waals surface area (Å²) < 4.78 is 13.2. The lowest BCUT2D eigenvalue weighted by Crippen LogP contribution is -2.03. The van der Waals surface area contributed by atoms with Crippen LogP contribution in [0.3, 0.4) is 0 Å². The molecule has 84 valence electrons. The van der Waals surface area contributed by atoms with Crippen LogP contribution >= 0.6 is 11.3 Å². The summed E-state index contributed by atoms with van der Waals surface area (Å²) >= 11 is 1.66. The van der Waals surface area contributed by atoms with E-state index >= 15 is 0 Å². The highest BCUT2D eigenvalue weighted by Gasteiger charge is 2.06. The molecule has 0 aliphatic carbocycles. The van der Waals surface area contributed by atoms with Gasteiger partial charge in [-0.15, -0.1) is 11.3 Å². The molecule has 0 atom stereocenters. The molecular formula is C13H14FNS. The van der Waals surface area contributed by atoms with E-state index < -0.39 is 0 Å². The highest BCUT2D eigenvalue weighted by atomic mass is 32.1. The van der Waals surface area contributed by atoms with E-state index in [1.807, 2.05) is 20.0 Å². The van der Waals surface area contributed by atoms with Gasteiger partial charge in [-0.25, -0.2) is 4.39 Å². The van der Waals surface area contributed by atoms with E-state index in [4.69, 9.17) is 0 Å². The lowest BCUT2D eigenvalue weighted by atomic mass is 10.1. The summed E-state index contributed by atoms with van der Waals surface area (Å²) in [4.78, 5) is 1.13. The first-order valence-corrected chi connectivity index (χ1v) is 6.07. The van der Waals surface area contributed by atoms with Crippen molar-refractivity contribution in [2.45, 2.75) is 13.5 Å². The van der Waals surface area contributed by atoms with Gasteiger partial charge in [0.2, 0.25) is 0 Å². The normalized spacial score (nSPS) is 10.7. The quantitative estimate of drug-likeness (QED) is 0.857. The molecule has 0 spiro atoms. The lowest BCUT2D eigenvalue weighted by molar-refractivity contribution is 0.628. The van der Waals surface area contributed by atoms with Gasteiger partial charge in [-0.1, -0.05) is 6.07 Å². The third-order valence-electron chi connectivity index (χ3n) is 2.50. The fourth-order valence-corrected chi connectivity index (χ4v) is 2.67. The molecule has 1 aromatic carbocycles. The molecule has 1 nitrogen and oxygen atoms in total. The molecule has 16 heavy (non-hydrogen) atoms. The van der Waals surface area contributed by atoms with E-state index in [-0.39, 0.29) is 5.82 Å². The van der Waals surface area contributed by atoms with E-state index in [9.17, 15) is 4.39 Å². The maximum Gasteiger partial charge on any atom is 0.123 e. The Morgan fingerprint density at radius 1 is 1.31 bits per heavy atom. The highest BCUT2D eigenvalue weighted by Crippen LogP contribution is 2.30. The van der Waals surface area contributed by atoms with Crippen molar-refractivity contribution in [3.05, 3.63) is 46.6 Å². The van der Waals surface area contributed by atoms with Crippen molar-refractivity contribution in [3.8, 4) is 10.4 Å². The molecule has 2 rings (SSSR count). The number of rotatable bonds is 3. The van der Waals surface area contributed by atoms with Crippen molar-refractivity contribution >= 4 is 11.3 Å². The summed E-state index contributed by atoms with van der Waals surface area (Å²) in [6, 6.07) is 7.04. The van der Waals surface area contributed by atoms with Crippen LogP contribution in [0.1, 0.15) is 11.1 Å². The second kappa shape index (κ2) is 4.76. The van der Waals surface area contributed by atoms with Crippen molar-refractivity contribution < 1.29 is 4.39 Å². The number of hydrogen-bond donors (Lipinski definition) is 1. The molecule has 1 N–H and O–H groups in total. The highest BCUT2D eigenvalue weighted by molar-refractivity contribution is 7.13. The third-order valence-corrected chi connectivity index (χ3v) is 3.51. The maximum atomic E-state index is 13.2. The largest absolute Gasteiger partial charge is 0.316 e. The zero-order valence-corrected chi connectivity index (χ0v) is 10.2. The Balaban J connectivity index is 2.38. The van der Waals surface area contributed by atoms with Crippen LogP contribution < -0.4 is 5.32 Å². The van der Waals surface area contributed by atoms with E-state index in [1.54, 1.807) is 17.4 Å². The van der Waals surface area contributed by atoms with Crippen molar-refractivity contribution in [2.75, 3.05) is 7.05 Å². The van der Waals surface area contributed by atoms with Gasteiger partial charge in [0.25, 0.3) is 0 Å². The smallest absolute Gasteiger partial charge is 0.123 e. The predicted octanol–water partition coefficient (Wildman–Crippen LogP) is 3.58. The van der Waals surface area contributed by atoms with Gasteiger partial charge in [-0.05, 0) is 54.2 Å². The number of thiophene rings is 1. The molecule has 0 aliphatic rings. The predicted molar refractivity (Wildman–Crippen MR) is 67.2 cm³/mol. The number of hydrogen-bond acceptors (Lipinski definition) is 2. The summed E-state index contributed by atoms with van der Waals surface area (Å²) in [5.74, 6) is -0.177. The van der Waals surface area contributed by atoms with Gasteiger partial charge in [0.1, 0.15) is 5.82 Å². The minimum absolute atomic E-state index is 0.177. The van der Waals surface area contributed by atoms with Gasteiger partial charge >= 0.3 is 0 Å². The Kier molecular flexibility index (Phi) is 3.36. The molecule has 3 heteroatoms. The number of nitrogens with one attached hydrogen (secondary N) is 1. The van der Waals surface area contributed by atoms with E-state index in [0.717, 1.165) is 22.5 Å². The Hall–Kier alpha value is -1.19. The summed E-state index contributed by atoms with van der Waals surface area (Å²) in [7, 11) is 1.92. The fourth-order valence-electron chi connectivity index (χ4n) is 1.67. The molecule has 0 unspecified atom stereocenters. The number of halogens is 1. The zero-order chi connectivity index (χ0) is 11.5. The second-order valence-electron chi connectivity index (χ2n) is 3.81.